The number of rotatable bonds is 7. The van der Waals surface area contributed by atoms with Gasteiger partial charge in [0.15, 0.2) is 0 Å². The smallest absolute Gasteiger partial charge is 0.331 e. The molecule has 0 saturated heterocycles. The van der Waals surface area contributed by atoms with E-state index in [0.29, 0.717) is 0 Å². The Labute approximate surface area is 152 Å². The maximum atomic E-state index is 9.87. The molecule has 1 aromatic carbocycles. The van der Waals surface area contributed by atoms with Gasteiger partial charge in [0.2, 0.25) is 0 Å². The fourth-order valence-electron chi connectivity index (χ4n) is 1.13. The van der Waals surface area contributed by atoms with Crippen molar-refractivity contribution in [1.29, 1.82) is 0 Å². The summed E-state index contributed by atoms with van der Waals surface area (Å²) >= 11 is 0. The number of hydrogen-bond donors (Lipinski definition) is 3. The fraction of sp³-hybridized carbons (Fsp3) is 0.0500. The van der Waals surface area contributed by atoms with Crippen LogP contribution in [0.1, 0.15) is 12.0 Å². The SMILES string of the molecule is C=C(CC(=O)O)C(=O)O.C=CC(=O)O.C=CC=CC=Cc1ccccc1. The highest BCUT2D eigenvalue weighted by Gasteiger charge is 2.07. The molecule has 26 heavy (non-hydrogen) atoms. The highest BCUT2D eigenvalue weighted by atomic mass is 16.4. The largest absolute Gasteiger partial charge is 0.481 e. The van der Waals surface area contributed by atoms with Crippen LogP contribution in [0.4, 0.5) is 0 Å². The molecule has 3 N–H and O–H groups in total. The fourth-order valence-corrected chi connectivity index (χ4v) is 1.13. The highest BCUT2D eigenvalue weighted by Crippen LogP contribution is 2.00. The predicted molar refractivity (Wildman–Crippen MR) is 102 cm³/mol. The molecule has 0 unspecified atom stereocenters. The number of hydrogen-bond acceptors (Lipinski definition) is 3. The van der Waals surface area contributed by atoms with E-state index < -0.39 is 24.3 Å². The zero-order valence-corrected chi connectivity index (χ0v) is 14.2. The first-order valence-corrected chi connectivity index (χ1v) is 7.23. The first kappa shape index (κ1) is 24.6. The molecule has 0 aliphatic heterocycles. The van der Waals surface area contributed by atoms with Gasteiger partial charge in [0.05, 0.1) is 6.42 Å². The zero-order valence-electron chi connectivity index (χ0n) is 14.2. The highest BCUT2D eigenvalue weighted by molar-refractivity contribution is 5.91. The summed E-state index contributed by atoms with van der Waals surface area (Å²) < 4.78 is 0. The molecule has 0 amide bonds. The maximum absolute atomic E-state index is 9.87. The first-order chi connectivity index (χ1) is 12.2. The van der Waals surface area contributed by atoms with E-state index in [1.807, 2.05) is 36.4 Å². The molecular weight excluding hydrogens is 336 g/mol. The monoisotopic (exact) mass is 358 g/mol. The third-order valence-corrected chi connectivity index (χ3v) is 2.29. The van der Waals surface area contributed by atoms with Gasteiger partial charge < -0.3 is 15.3 Å². The van der Waals surface area contributed by atoms with Crippen molar-refractivity contribution in [3.8, 4) is 0 Å². The molecule has 0 aliphatic carbocycles. The average molecular weight is 358 g/mol. The molecule has 0 bridgehead atoms. The number of carbonyl (C=O) groups is 3. The second-order valence-electron chi connectivity index (χ2n) is 4.41. The van der Waals surface area contributed by atoms with E-state index in [9.17, 15) is 14.4 Å². The standard InChI is InChI=1S/C12H12.C5H6O4.C3H4O2/c1-2-3-4-6-9-12-10-7-5-8-11-12;1-3(5(8)9)2-4(6)7;1-2-3(4)5/h2-11H,1H2;1-2H2,(H,6,7)(H,8,9);2H,1H2,(H,4,5). The summed E-state index contributed by atoms with van der Waals surface area (Å²) in [5.74, 6) is -3.43. The first-order valence-electron chi connectivity index (χ1n) is 7.23. The Kier molecular flexibility index (Phi) is 15.3. The van der Waals surface area contributed by atoms with Crippen LogP contribution >= 0.6 is 0 Å². The summed E-state index contributed by atoms with van der Waals surface area (Å²) in [7, 11) is 0. The Morgan fingerprint density at radius 2 is 1.46 bits per heavy atom. The molecule has 0 aliphatic rings. The average Bonchev–Trinajstić information content (AvgIpc) is 2.60. The van der Waals surface area contributed by atoms with Crippen LogP contribution in [0.5, 0.6) is 0 Å². The number of allylic oxidation sites excluding steroid dienone is 4. The minimum absolute atomic E-state index is 0.303. The maximum Gasteiger partial charge on any atom is 0.331 e. The van der Waals surface area contributed by atoms with Gasteiger partial charge in [-0.1, -0.05) is 80.4 Å². The van der Waals surface area contributed by atoms with Gasteiger partial charge in [-0.25, -0.2) is 9.59 Å². The summed E-state index contributed by atoms with van der Waals surface area (Å²) in [5.41, 5.74) is 0.911. The number of carboxylic acids is 3. The van der Waals surface area contributed by atoms with Gasteiger partial charge in [-0.15, -0.1) is 0 Å². The van der Waals surface area contributed by atoms with Crippen LogP contribution in [0.15, 0.2) is 86.0 Å². The van der Waals surface area contributed by atoms with Gasteiger partial charge in [0.1, 0.15) is 0 Å². The van der Waals surface area contributed by atoms with Gasteiger partial charge in [-0.05, 0) is 5.56 Å². The van der Waals surface area contributed by atoms with Crippen LogP contribution in [-0.2, 0) is 14.4 Å². The third-order valence-electron chi connectivity index (χ3n) is 2.29. The topological polar surface area (TPSA) is 112 Å². The van der Waals surface area contributed by atoms with Gasteiger partial charge in [-0.3, -0.25) is 4.79 Å². The van der Waals surface area contributed by atoms with Crippen molar-refractivity contribution in [2.45, 2.75) is 6.42 Å². The minimum atomic E-state index is -1.27. The Hall–Kier alpha value is -3.67. The van der Waals surface area contributed by atoms with Crippen LogP contribution in [0.3, 0.4) is 0 Å². The van der Waals surface area contributed by atoms with Gasteiger partial charge in [0, 0.05) is 11.6 Å². The third kappa shape index (κ3) is 18.4. The Morgan fingerprint density at radius 1 is 0.923 bits per heavy atom. The van der Waals surface area contributed by atoms with Crippen molar-refractivity contribution in [3.05, 3.63) is 91.6 Å². The van der Waals surface area contributed by atoms with E-state index in [0.717, 1.165) is 6.08 Å². The molecule has 0 aromatic heterocycles. The molecule has 1 aromatic rings. The molecule has 0 saturated carbocycles. The van der Waals surface area contributed by atoms with Crippen molar-refractivity contribution in [2.75, 3.05) is 0 Å². The quantitative estimate of drug-likeness (QED) is 0.505. The van der Waals surface area contributed by atoms with Crippen LogP contribution in [-0.4, -0.2) is 33.2 Å². The summed E-state index contributed by atoms with van der Waals surface area (Å²) in [6, 6.07) is 10.2. The second-order valence-corrected chi connectivity index (χ2v) is 4.41. The molecular formula is C20H22O6. The van der Waals surface area contributed by atoms with Gasteiger partial charge in [-0.2, -0.15) is 0 Å². The Balaban J connectivity index is 0. The van der Waals surface area contributed by atoms with Crippen molar-refractivity contribution < 1.29 is 29.7 Å². The molecule has 0 radical (unpaired) electrons. The van der Waals surface area contributed by atoms with E-state index in [1.165, 1.54) is 5.56 Å². The van der Waals surface area contributed by atoms with E-state index in [4.69, 9.17) is 15.3 Å². The van der Waals surface area contributed by atoms with E-state index in [1.54, 1.807) is 6.08 Å². The molecule has 6 nitrogen and oxygen atoms in total. The lowest BCUT2D eigenvalue weighted by atomic mass is 10.2. The van der Waals surface area contributed by atoms with Crippen LogP contribution < -0.4 is 0 Å². The molecule has 0 heterocycles. The Bertz CT molecular complexity index is 669. The number of benzene rings is 1. The molecule has 6 heteroatoms. The van der Waals surface area contributed by atoms with Crippen LogP contribution in [0.25, 0.3) is 6.08 Å². The van der Waals surface area contributed by atoms with E-state index in [-0.39, 0.29) is 5.57 Å². The normalized spacial score (nSPS) is 9.23. The van der Waals surface area contributed by atoms with Crippen molar-refractivity contribution in [2.24, 2.45) is 0 Å². The summed E-state index contributed by atoms with van der Waals surface area (Å²) in [4.78, 5) is 28.9. The van der Waals surface area contributed by atoms with Gasteiger partial charge >= 0.3 is 17.9 Å². The second kappa shape index (κ2) is 16.2. The van der Waals surface area contributed by atoms with Crippen LogP contribution in [0.2, 0.25) is 0 Å². The van der Waals surface area contributed by atoms with Gasteiger partial charge in [0.25, 0.3) is 0 Å². The van der Waals surface area contributed by atoms with E-state index >= 15 is 0 Å². The predicted octanol–water partition coefficient (Wildman–Crippen LogP) is 3.80. The van der Waals surface area contributed by atoms with Crippen molar-refractivity contribution in [1.82, 2.24) is 0 Å². The lowest BCUT2D eigenvalue weighted by Gasteiger charge is -1.91. The lowest BCUT2D eigenvalue weighted by Crippen LogP contribution is -2.04. The minimum Gasteiger partial charge on any atom is -0.481 e. The molecule has 138 valence electrons. The van der Waals surface area contributed by atoms with Crippen molar-refractivity contribution >= 4 is 24.0 Å². The number of carboxylic acid groups (broad SMARTS) is 3. The number of aliphatic carboxylic acids is 3. The molecule has 0 spiro atoms. The van der Waals surface area contributed by atoms with Crippen molar-refractivity contribution in [3.63, 3.8) is 0 Å². The summed E-state index contributed by atoms with van der Waals surface area (Å²) in [5, 5.41) is 23.7. The molecule has 0 fully saturated rings. The zero-order chi connectivity index (χ0) is 20.4. The molecule has 0 atom stereocenters. The van der Waals surface area contributed by atoms with Crippen LogP contribution in [0, 0.1) is 0 Å². The molecule has 1 rings (SSSR count). The Morgan fingerprint density at radius 3 is 1.81 bits per heavy atom. The lowest BCUT2D eigenvalue weighted by molar-refractivity contribution is -0.139. The van der Waals surface area contributed by atoms with E-state index in [2.05, 4.69) is 37.9 Å². The summed E-state index contributed by atoms with van der Waals surface area (Å²) in [6.07, 6.45) is 10.0. The summed E-state index contributed by atoms with van der Waals surface area (Å²) in [6.45, 7) is 9.56.